The van der Waals surface area contributed by atoms with Crippen LogP contribution in [0.15, 0.2) is 30.3 Å². The van der Waals surface area contributed by atoms with E-state index in [1.165, 1.54) is 0 Å². The molecule has 18 heavy (non-hydrogen) atoms. The number of rotatable bonds is 2. The van der Waals surface area contributed by atoms with Gasteiger partial charge in [0.25, 0.3) is 0 Å². The fourth-order valence-electron chi connectivity index (χ4n) is 2.19. The topological polar surface area (TPSA) is 55.6 Å². The molecule has 1 aromatic rings. The zero-order valence-corrected chi connectivity index (χ0v) is 10.7. The molecule has 1 aliphatic rings. The molecule has 1 aliphatic heterocycles. The van der Waals surface area contributed by atoms with Gasteiger partial charge in [0, 0.05) is 18.6 Å². The first-order valence-electron chi connectivity index (χ1n) is 6.39. The number of likely N-dealkylation sites (tertiary alicyclic amines) is 1. The van der Waals surface area contributed by atoms with Gasteiger partial charge in [0.1, 0.15) is 6.61 Å². The van der Waals surface area contributed by atoms with Crippen molar-refractivity contribution in [1.82, 2.24) is 4.90 Å². The highest BCUT2D eigenvalue weighted by Crippen LogP contribution is 2.17. The van der Waals surface area contributed by atoms with E-state index in [2.05, 4.69) is 0 Å². The van der Waals surface area contributed by atoms with Crippen LogP contribution in [0.3, 0.4) is 0 Å². The highest BCUT2D eigenvalue weighted by molar-refractivity contribution is 5.68. The molecule has 4 nitrogen and oxygen atoms in total. The second kappa shape index (κ2) is 5.87. The predicted molar refractivity (Wildman–Crippen MR) is 70.0 cm³/mol. The summed E-state index contributed by atoms with van der Waals surface area (Å²) in [6.07, 6.45) is 1.66. The van der Waals surface area contributed by atoms with Gasteiger partial charge in [-0.05, 0) is 25.3 Å². The maximum atomic E-state index is 12.0. The maximum absolute atomic E-state index is 12.0. The largest absolute Gasteiger partial charge is 0.445 e. The first-order valence-corrected chi connectivity index (χ1v) is 6.39. The summed E-state index contributed by atoms with van der Waals surface area (Å²) in [5.74, 6) is 0. The smallest absolute Gasteiger partial charge is 0.410 e. The summed E-state index contributed by atoms with van der Waals surface area (Å²) >= 11 is 0. The van der Waals surface area contributed by atoms with E-state index in [1.807, 2.05) is 37.3 Å². The Kier molecular flexibility index (Phi) is 4.20. The molecule has 1 fully saturated rings. The van der Waals surface area contributed by atoms with Gasteiger partial charge in [0.2, 0.25) is 0 Å². The van der Waals surface area contributed by atoms with Crippen molar-refractivity contribution < 1.29 is 9.53 Å². The molecular formula is C14H20N2O2. The number of amides is 1. The maximum Gasteiger partial charge on any atom is 0.410 e. The van der Waals surface area contributed by atoms with Gasteiger partial charge >= 0.3 is 6.09 Å². The van der Waals surface area contributed by atoms with Crippen LogP contribution in [-0.2, 0) is 11.3 Å². The average molecular weight is 248 g/mol. The number of piperidine rings is 1. The first-order chi connectivity index (χ1) is 8.66. The molecule has 2 rings (SSSR count). The molecule has 0 radical (unpaired) electrons. The van der Waals surface area contributed by atoms with E-state index in [-0.39, 0.29) is 18.2 Å². The Morgan fingerprint density at radius 1 is 1.39 bits per heavy atom. The van der Waals surface area contributed by atoms with E-state index in [9.17, 15) is 4.79 Å². The van der Waals surface area contributed by atoms with E-state index in [0.717, 1.165) is 18.4 Å². The summed E-state index contributed by atoms with van der Waals surface area (Å²) in [6.45, 7) is 2.95. The van der Waals surface area contributed by atoms with E-state index in [0.29, 0.717) is 13.2 Å². The van der Waals surface area contributed by atoms with Crippen molar-refractivity contribution in [3.63, 3.8) is 0 Å². The van der Waals surface area contributed by atoms with Gasteiger partial charge in [-0.25, -0.2) is 4.79 Å². The van der Waals surface area contributed by atoms with Gasteiger partial charge in [0.05, 0.1) is 0 Å². The first kappa shape index (κ1) is 12.9. The lowest BCUT2D eigenvalue weighted by Crippen LogP contribution is -2.50. The Morgan fingerprint density at radius 2 is 2.11 bits per heavy atom. The van der Waals surface area contributed by atoms with Crippen molar-refractivity contribution in [1.29, 1.82) is 0 Å². The van der Waals surface area contributed by atoms with Crippen LogP contribution in [0.5, 0.6) is 0 Å². The van der Waals surface area contributed by atoms with Gasteiger partial charge in [-0.1, -0.05) is 30.3 Å². The molecular weight excluding hydrogens is 228 g/mol. The predicted octanol–water partition coefficient (Wildman–Crippen LogP) is 2.13. The SMILES string of the molecule is C[C@@H]1CC[C@H](N)CN1C(=O)OCc1ccccc1. The minimum atomic E-state index is -0.262. The van der Waals surface area contributed by atoms with Gasteiger partial charge in [-0.2, -0.15) is 0 Å². The van der Waals surface area contributed by atoms with Crippen molar-refractivity contribution in [3.8, 4) is 0 Å². The number of benzene rings is 1. The standard InChI is InChI=1S/C14H20N2O2/c1-11-7-8-13(15)9-16(11)14(17)18-10-12-5-3-2-4-6-12/h2-6,11,13H,7-10,15H2,1H3/t11-,13+/m1/s1. The van der Waals surface area contributed by atoms with Crippen molar-refractivity contribution in [2.45, 2.75) is 38.5 Å². The summed E-state index contributed by atoms with van der Waals surface area (Å²) in [6, 6.07) is 9.98. The average Bonchev–Trinajstić information content (AvgIpc) is 2.40. The van der Waals surface area contributed by atoms with Gasteiger partial charge in [-0.15, -0.1) is 0 Å². The zero-order valence-electron chi connectivity index (χ0n) is 10.7. The highest BCUT2D eigenvalue weighted by Gasteiger charge is 2.28. The Balaban J connectivity index is 1.87. The fourth-order valence-corrected chi connectivity index (χ4v) is 2.19. The summed E-state index contributed by atoms with van der Waals surface area (Å²) in [5.41, 5.74) is 6.88. The number of hydrogen-bond donors (Lipinski definition) is 1. The Morgan fingerprint density at radius 3 is 2.83 bits per heavy atom. The molecule has 1 amide bonds. The summed E-state index contributed by atoms with van der Waals surface area (Å²) in [7, 11) is 0. The second-order valence-electron chi connectivity index (χ2n) is 4.88. The molecule has 98 valence electrons. The van der Waals surface area contributed by atoms with Gasteiger partial charge in [0.15, 0.2) is 0 Å². The van der Waals surface area contributed by atoms with Crippen molar-refractivity contribution in [2.75, 3.05) is 6.54 Å². The Bertz CT molecular complexity index is 394. The summed E-state index contributed by atoms with van der Waals surface area (Å²) in [5, 5.41) is 0. The number of nitrogens with zero attached hydrogens (tertiary/aromatic N) is 1. The normalized spacial score (nSPS) is 23.8. The third-order valence-corrected chi connectivity index (χ3v) is 3.36. The lowest BCUT2D eigenvalue weighted by atomic mass is 10.0. The molecule has 0 spiro atoms. The molecule has 2 N–H and O–H groups in total. The lowest BCUT2D eigenvalue weighted by molar-refractivity contribution is 0.0680. The molecule has 0 aliphatic carbocycles. The van der Waals surface area contributed by atoms with Crippen LogP contribution in [0.4, 0.5) is 4.79 Å². The molecule has 1 aromatic carbocycles. The van der Waals surface area contributed by atoms with E-state index >= 15 is 0 Å². The Labute approximate surface area is 108 Å². The van der Waals surface area contributed by atoms with Crippen LogP contribution < -0.4 is 5.73 Å². The third-order valence-electron chi connectivity index (χ3n) is 3.36. The Hall–Kier alpha value is -1.55. The molecule has 1 saturated heterocycles. The third kappa shape index (κ3) is 3.23. The van der Waals surface area contributed by atoms with E-state index in [1.54, 1.807) is 4.90 Å². The zero-order chi connectivity index (χ0) is 13.0. The van der Waals surface area contributed by atoms with Gasteiger partial charge in [-0.3, -0.25) is 0 Å². The van der Waals surface area contributed by atoms with Crippen LogP contribution in [-0.4, -0.2) is 29.6 Å². The monoisotopic (exact) mass is 248 g/mol. The minimum absolute atomic E-state index is 0.0745. The molecule has 1 heterocycles. The number of ether oxygens (including phenoxy) is 1. The quantitative estimate of drug-likeness (QED) is 0.872. The van der Waals surface area contributed by atoms with Crippen LogP contribution in [0.25, 0.3) is 0 Å². The number of carbonyl (C=O) groups excluding carboxylic acids is 1. The minimum Gasteiger partial charge on any atom is -0.445 e. The molecule has 0 unspecified atom stereocenters. The van der Waals surface area contributed by atoms with Crippen LogP contribution in [0, 0.1) is 0 Å². The number of hydrogen-bond acceptors (Lipinski definition) is 3. The van der Waals surface area contributed by atoms with Crippen molar-refractivity contribution in [2.24, 2.45) is 5.73 Å². The number of nitrogens with two attached hydrogens (primary N) is 1. The van der Waals surface area contributed by atoms with E-state index < -0.39 is 0 Å². The highest BCUT2D eigenvalue weighted by atomic mass is 16.6. The van der Waals surface area contributed by atoms with Crippen LogP contribution in [0.1, 0.15) is 25.3 Å². The summed E-state index contributed by atoms with van der Waals surface area (Å²) in [4.78, 5) is 13.7. The second-order valence-corrected chi connectivity index (χ2v) is 4.88. The molecule has 4 heteroatoms. The van der Waals surface area contributed by atoms with Crippen molar-refractivity contribution in [3.05, 3.63) is 35.9 Å². The van der Waals surface area contributed by atoms with E-state index in [4.69, 9.17) is 10.5 Å². The summed E-state index contributed by atoms with van der Waals surface area (Å²) < 4.78 is 5.32. The van der Waals surface area contributed by atoms with Gasteiger partial charge < -0.3 is 15.4 Å². The molecule has 0 aromatic heterocycles. The van der Waals surface area contributed by atoms with Crippen LogP contribution >= 0.6 is 0 Å². The van der Waals surface area contributed by atoms with Crippen molar-refractivity contribution >= 4 is 6.09 Å². The lowest BCUT2D eigenvalue weighted by Gasteiger charge is -2.35. The molecule has 0 bridgehead atoms. The number of carbonyl (C=O) groups is 1. The fraction of sp³-hybridized carbons (Fsp3) is 0.500. The molecule has 0 saturated carbocycles. The molecule has 2 atom stereocenters. The van der Waals surface area contributed by atoms with Crippen LogP contribution in [0.2, 0.25) is 0 Å².